The van der Waals surface area contributed by atoms with Crippen LogP contribution in [0, 0.1) is 11.3 Å². The van der Waals surface area contributed by atoms with Crippen molar-refractivity contribution in [3.8, 4) is 6.07 Å². The fourth-order valence-corrected chi connectivity index (χ4v) is 3.66. The summed E-state index contributed by atoms with van der Waals surface area (Å²) >= 11 is 1.52. The minimum Gasteiger partial charge on any atom is -0.254 e. The van der Waals surface area contributed by atoms with Crippen molar-refractivity contribution >= 4 is 22.6 Å². The number of thioether (sulfide) groups is 1. The highest BCUT2D eigenvalue weighted by molar-refractivity contribution is 8.00. The number of rotatable bonds is 5. The van der Waals surface area contributed by atoms with Gasteiger partial charge in [0.15, 0.2) is 0 Å². The van der Waals surface area contributed by atoms with Crippen molar-refractivity contribution in [2.45, 2.75) is 9.92 Å². The summed E-state index contributed by atoms with van der Waals surface area (Å²) in [4.78, 5) is 5.02. The minimum atomic E-state index is -0.978. The first kappa shape index (κ1) is 13.8. The Morgan fingerprint density at radius 3 is 2.79 bits per heavy atom. The molecule has 1 aromatic carbocycles. The summed E-state index contributed by atoms with van der Waals surface area (Å²) < 4.78 is 12.0. The van der Waals surface area contributed by atoms with Gasteiger partial charge >= 0.3 is 0 Å². The molecule has 0 radical (unpaired) electrons. The Bertz CT molecular complexity index is 608. The lowest BCUT2D eigenvalue weighted by Crippen LogP contribution is -2.00. The van der Waals surface area contributed by atoms with E-state index in [4.69, 9.17) is 5.26 Å². The average molecular weight is 288 g/mol. The van der Waals surface area contributed by atoms with Crippen LogP contribution < -0.4 is 0 Å². The van der Waals surface area contributed by atoms with Crippen LogP contribution in [-0.4, -0.2) is 20.7 Å². The Morgan fingerprint density at radius 2 is 2.05 bits per heavy atom. The summed E-state index contributed by atoms with van der Waals surface area (Å²) in [6.45, 7) is 0. The number of benzene rings is 1. The van der Waals surface area contributed by atoms with Crippen LogP contribution in [-0.2, 0) is 10.8 Å². The second-order valence-electron chi connectivity index (χ2n) is 3.71. The van der Waals surface area contributed by atoms with Gasteiger partial charge in [-0.15, -0.1) is 11.8 Å². The van der Waals surface area contributed by atoms with E-state index in [0.29, 0.717) is 17.1 Å². The van der Waals surface area contributed by atoms with E-state index in [9.17, 15) is 4.21 Å². The van der Waals surface area contributed by atoms with Crippen molar-refractivity contribution in [1.82, 2.24) is 4.98 Å². The molecule has 0 bridgehead atoms. The Kier molecular flexibility index (Phi) is 5.13. The summed E-state index contributed by atoms with van der Waals surface area (Å²) in [6.07, 6.45) is 1.62. The predicted octanol–water partition coefficient (Wildman–Crippen LogP) is 2.85. The van der Waals surface area contributed by atoms with Gasteiger partial charge in [0.1, 0.15) is 0 Å². The molecule has 96 valence electrons. The normalized spacial score (nSPS) is 11.7. The highest BCUT2D eigenvalue weighted by atomic mass is 32.2. The summed E-state index contributed by atoms with van der Waals surface area (Å²) in [6, 6.07) is 14.9. The Balaban J connectivity index is 1.87. The summed E-state index contributed by atoms with van der Waals surface area (Å²) in [5.74, 6) is 1.29. The SMILES string of the molecule is N#Cc1ccnc(SCC[S@@](=O)c2ccccc2)c1. The van der Waals surface area contributed by atoms with Crippen LogP contribution in [0.5, 0.6) is 0 Å². The topological polar surface area (TPSA) is 53.8 Å². The van der Waals surface area contributed by atoms with Gasteiger partial charge in [0.05, 0.1) is 27.5 Å². The zero-order chi connectivity index (χ0) is 13.5. The van der Waals surface area contributed by atoms with Crippen LogP contribution >= 0.6 is 11.8 Å². The molecule has 3 nitrogen and oxygen atoms in total. The molecule has 0 unspecified atom stereocenters. The van der Waals surface area contributed by atoms with E-state index in [1.54, 1.807) is 18.3 Å². The molecule has 0 N–H and O–H groups in total. The summed E-state index contributed by atoms with van der Waals surface area (Å²) in [7, 11) is -0.978. The molecule has 0 aliphatic carbocycles. The van der Waals surface area contributed by atoms with Crippen LogP contribution in [0.3, 0.4) is 0 Å². The first-order valence-electron chi connectivity index (χ1n) is 5.72. The third kappa shape index (κ3) is 4.19. The summed E-state index contributed by atoms with van der Waals surface area (Å²) in [5.41, 5.74) is 0.599. The lowest BCUT2D eigenvalue weighted by atomic mass is 10.3. The standard InChI is InChI=1S/C14H12N2OS2/c15-11-12-6-7-16-14(10-12)18-8-9-19(17)13-4-2-1-3-5-13/h1-7,10H,8-9H2/t19-/m1/s1. The zero-order valence-corrected chi connectivity index (χ0v) is 11.8. The smallest absolute Gasteiger partial charge is 0.0993 e. The maximum absolute atomic E-state index is 12.0. The molecular weight excluding hydrogens is 276 g/mol. The van der Waals surface area contributed by atoms with Gasteiger partial charge in [-0.1, -0.05) is 18.2 Å². The van der Waals surface area contributed by atoms with Crippen molar-refractivity contribution in [2.24, 2.45) is 0 Å². The maximum Gasteiger partial charge on any atom is 0.0993 e. The van der Waals surface area contributed by atoms with Crippen molar-refractivity contribution < 1.29 is 4.21 Å². The maximum atomic E-state index is 12.0. The van der Waals surface area contributed by atoms with E-state index < -0.39 is 10.8 Å². The highest BCUT2D eigenvalue weighted by Gasteiger charge is 2.04. The molecule has 0 saturated carbocycles. The second-order valence-corrected chi connectivity index (χ2v) is 6.39. The Hall–Kier alpha value is -1.64. The fourth-order valence-electron chi connectivity index (χ4n) is 1.47. The third-order valence-corrected chi connectivity index (χ3v) is 4.95. The third-order valence-electron chi connectivity index (χ3n) is 2.39. The molecule has 0 fully saturated rings. The van der Waals surface area contributed by atoms with Crippen LogP contribution in [0.4, 0.5) is 0 Å². The number of hydrogen-bond donors (Lipinski definition) is 0. The van der Waals surface area contributed by atoms with E-state index in [-0.39, 0.29) is 0 Å². The molecule has 1 heterocycles. The number of aromatic nitrogens is 1. The van der Waals surface area contributed by atoms with E-state index >= 15 is 0 Å². The molecule has 1 atom stereocenters. The van der Waals surface area contributed by atoms with E-state index in [0.717, 1.165) is 9.92 Å². The largest absolute Gasteiger partial charge is 0.254 e. The number of hydrogen-bond acceptors (Lipinski definition) is 4. The van der Waals surface area contributed by atoms with E-state index in [2.05, 4.69) is 11.1 Å². The molecule has 0 aliphatic rings. The van der Waals surface area contributed by atoms with Gasteiger partial charge in [-0.05, 0) is 24.3 Å². The quantitative estimate of drug-likeness (QED) is 0.794. The highest BCUT2D eigenvalue weighted by Crippen LogP contribution is 2.17. The number of nitriles is 1. The fraction of sp³-hybridized carbons (Fsp3) is 0.143. The molecule has 19 heavy (non-hydrogen) atoms. The van der Waals surface area contributed by atoms with E-state index in [1.165, 1.54) is 11.8 Å². The van der Waals surface area contributed by atoms with Gasteiger partial charge in [0.2, 0.25) is 0 Å². The van der Waals surface area contributed by atoms with Crippen LogP contribution in [0.15, 0.2) is 58.6 Å². The van der Waals surface area contributed by atoms with Crippen molar-refractivity contribution in [3.05, 3.63) is 54.2 Å². The Labute approximate surface area is 119 Å². The predicted molar refractivity (Wildman–Crippen MR) is 77.4 cm³/mol. The van der Waals surface area contributed by atoms with E-state index in [1.807, 2.05) is 30.3 Å². The van der Waals surface area contributed by atoms with Crippen molar-refractivity contribution in [1.29, 1.82) is 5.26 Å². The molecule has 0 spiro atoms. The van der Waals surface area contributed by atoms with Gasteiger partial charge in [0, 0.05) is 22.6 Å². The van der Waals surface area contributed by atoms with Gasteiger partial charge < -0.3 is 0 Å². The Morgan fingerprint density at radius 1 is 1.26 bits per heavy atom. The lowest BCUT2D eigenvalue weighted by molar-refractivity contribution is 0.684. The summed E-state index contributed by atoms with van der Waals surface area (Å²) in [5, 5.41) is 9.58. The molecule has 0 saturated heterocycles. The number of nitrogens with zero attached hydrogens (tertiary/aromatic N) is 2. The number of pyridine rings is 1. The van der Waals surface area contributed by atoms with Gasteiger partial charge in [-0.25, -0.2) is 4.98 Å². The van der Waals surface area contributed by atoms with Crippen LogP contribution in [0.25, 0.3) is 0 Å². The van der Waals surface area contributed by atoms with Gasteiger partial charge in [0.25, 0.3) is 0 Å². The molecule has 1 aromatic heterocycles. The average Bonchev–Trinajstić information content (AvgIpc) is 2.48. The first-order valence-corrected chi connectivity index (χ1v) is 8.02. The second kappa shape index (κ2) is 7.07. The van der Waals surface area contributed by atoms with Gasteiger partial charge in [-0.3, -0.25) is 4.21 Å². The molecule has 2 aromatic rings. The zero-order valence-electron chi connectivity index (χ0n) is 10.2. The molecule has 2 rings (SSSR count). The van der Waals surface area contributed by atoms with Crippen LogP contribution in [0.2, 0.25) is 0 Å². The molecule has 5 heteroatoms. The molecular formula is C14H12N2OS2. The van der Waals surface area contributed by atoms with Crippen molar-refractivity contribution in [2.75, 3.05) is 11.5 Å². The van der Waals surface area contributed by atoms with Gasteiger partial charge in [-0.2, -0.15) is 5.26 Å². The molecule has 0 aliphatic heterocycles. The minimum absolute atomic E-state index is 0.577. The van der Waals surface area contributed by atoms with Crippen molar-refractivity contribution in [3.63, 3.8) is 0 Å². The lowest BCUT2D eigenvalue weighted by Gasteiger charge is -2.02. The van der Waals surface area contributed by atoms with Crippen LogP contribution in [0.1, 0.15) is 5.56 Å². The first-order chi connectivity index (χ1) is 9.29. The monoisotopic (exact) mass is 288 g/mol. The molecule has 0 amide bonds.